The Morgan fingerprint density at radius 3 is 2.56 bits per heavy atom. The van der Waals surface area contributed by atoms with Gasteiger partial charge in [-0.1, -0.05) is 48.5 Å². The molecule has 0 aliphatic heterocycles. The third kappa shape index (κ3) is 3.63. The van der Waals surface area contributed by atoms with Crippen LogP contribution in [-0.2, 0) is 11.1 Å². The van der Waals surface area contributed by atoms with Crippen molar-refractivity contribution < 1.29 is 13.5 Å². The lowest BCUT2D eigenvalue weighted by molar-refractivity contribution is 0.339. The monoisotopic (exact) mass is 375 g/mol. The van der Waals surface area contributed by atoms with Gasteiger partial charge in [-0.2, -0.15) is 0 Å². The fraction of sp³-hybridized carbons (Fsp3) is 0.158. The summed E-state index contributed by atoms with van der Waals surface area (Å²) in [5.74, 6) is 0.788. The van der Waals surface area contributed by atoms with Gasteiger partial charge in [-0.25, -0.2) is 4.21 Å². The Balaban J connectivity index is 2.22. The molecule has 3 rings (SSSR count). The topological polar surface area (TPSA) is 72.5 Å². The third-order valence-electron chi connectivity index (χ3n) is 4.00. The molecule has 0 spiro atoms. The Kier molecular flexibility index (Phi) is 5.58. The van der Waals surface area contributed by atoms with Crippen LogP contribution >= 0.6 is 11.6 Å². The summed E-state index contributed by atoms with van der Waals surface area (Å²) in [7, 11) is 0. The van der Waals surface area contributed by atoms with Crippen molar-refractivity contribution >= 4 is 39.1 Å². The van der Waals surface area contributed by atoms with E-state index in [0.717, 1.165) is 16.3 Å². The van der Waals surface area contributed by atoms with E-state index >= 15 is 0 Å². The standard InChI is InChI=1S/C19H18ClNO3S/c20-11-12-24-17-10-4-9-16(21)18(17)19(25(22)23)15-8-3-6-13-5-1-2-7-14(13)15/h1-10,19H,11-12,21H2,(H,22,23). The smallest absolute Gasteiger partial charge is 0.165 e. The molecule has 0 aliphatic carbocycles. The molecule has 25 heavy (non-hydrogen) atoms. The maximum Gasteiger partial charge on any atom is 0.165 e. The van der Waals surface area contributed by atoms with E-state index in [-0.39, 0.29) is 0 Å². The number of benzene rings is 3. The zero-order chi connectivity index (χ0) is 17.8. The molecule has 3 N–H and O–H groups in total. The van der Waals surface area contributed by atoms with Gasteiger partial charge in [-0.15, -0.1) is 11.6 Å². The van der Waals surface area contributed by atoms with Gasteiger partial charge in [0.1, 0.15) is 17.6 Å². The van der Waals surface area contributed by atoms with Crippen LogP contribution in [-0.4, -0.2) is 21.2 Å². The molecule has 0 aromatic heterocycles. The normalized spacial score (nSPS) is 13.5. The molecule has 2 unspecified atom stereocenters. The van der Waals surface area contributed by atoms with Gasteiger partial charge in [0.25, 0.3) is 0 Å². The van der Waals surface area contributed by atoms with Crippen molar-refractivity contribution in [3.05, 3.63) is 71.8 Å². The molecule has 0 bridgehead atoms. The third-order valence-corrected chi connectivity index (χ3v) is 5.05. The number of rotatable bonds is 6. The maximum absolute atomic E-state index is 12.3. The van der Waals surface area contributed by atoms with E-state index in [1.54, 1.807) is 18.2 Å². The first-order valence-electron chi connectivity index (χ1n) is 7.78. The van der Waals surface area contributed by atoms with Crippen LogP contribution in [0, 0.1) is 0 Å². The van der Waals surface area contributed by atoms with Crippen molar-refractivity contribution in [3.63, 3.8) is 0 Å². The molecule has 0 heterocycles. The second-order valence-corrected chi connectivity index (χ2v) is 6.92. The van der Waals surface area contributed by atoms with Gasteiger partial charge in [0.2, 0.25) is 0 Å². The molecule has 0 radical (unpaired) electrons. The van der Waals surface area contributed by atoms with Crippen LogP contribution in [0.5, 0.6) is 5.75 Å². The van der Waals surface area contributed by atoms with Crippen LogP contribution < -0.4 is 10.5 Å². The summed E-state index contributed by atoms with van der Waals surface area (Å²) < 4.78 is 28.1. The second kappa shape index (κ2) is 7.87. The highest BCUT2D eigenvalue weighted by Crippen LogP contribution is 2.40. The minimum absolute atomic E-state index is 0.290. The van der Waals surface area contributed by atoms with Crippen molar-refractivity contribution in [2.75, 3.05) is 18.2 Å². The van der Waals surface area contributed by atoms with E-state index < -0.39 is 16.3 Å². The van der Waals surface area contributed by atoms with E-state index in [4.69, 9.17) is 22.1 Å². The van der Waals surface area contributed by atoms with Crippen LogP contribution in [0.15, 0.2) is 60.7 Å². The molecule has 0 saturated heterocycles. The highest BCUT2D eigenvalue weighted by molar-refractivity contribution is 7.79. The van der Waals surface area contributed by atoms with E-state index in [2.05, 4.69) is 0 Å². The molecule has 130 valence electrons. The fourth-order valence-corrected chi connectivity index (χ4v) is 3.91. The highest BCUT2D eigenvalue weighted by atomic mass is 35.5. The van der Waals surface area contributed by atoms with Gasteiger partial charge in [-0.05, 0) is 28.5 Å². The van der Waals surface area contributed by atoms with Crippen molar-refractivity contribution in [2.24, 2.45) is 0 Å². The zero-order valence-corrected chi connectivity index (χ0v) is 15.0. The zero-order valence-electron chi connectivity index (χ0n) is 13.4. The summed E-state index contributed by atoms with van der Waals surface area (Å²) in [6, 6.07) is 18.6. The quantitative estimate of drug-likeness (QED) is 0.381. The molecule has 4 nitrogen and oxygen atoms in total. The Morgan fingerprint density at radius 2 is 1.80 bits per heavy atom. The lowest BCUT2D eigenvalue weighted by Gasteiger charge is -2.21. The van der Waals surface area contributed by atoms with Crippen LogP contribution in [0.4, 0.5) is 5.69 Å². The lowest BCUT2D eigenvalue weighted by atomic mass is 9.96. The van der Waals surface area contributed by atoms with Gasteiger partial charge in [-0.3, -0.25) is 0 Å². The van der Waals surface area contributed by atoms with Crippen molar-refractivity contribution in [1.82, 2.24) is 0 Å². The SMILES string of the molecule is Nc1cccc(OCCCl)c1C(c1cccc2ccccc12)S(=O)O. The molecule has 2 atom stereocenters. The van der Waals surface area contributed by atoms with E-state index in [0.29, 0.717) is 29.5 Å². The summed E-state index contributed by atoms with van der Waals surface area (Å²) in [4.78, 5) is 0. The summed E-state index contributed by atoms with van der Waals surface area (Å²) in [5, 5.41) is 1.08. The number of fused-ring (bicyclic) bond motifs is 1. The molecule has 0 aliphatic rings. The number of hydrogen-bond acceptors (Lipinski definition) is 3. The maximum atomic E-state index is 12.3. The summed E-state index contributed by atoms with van der Waals surface area (Å²) in [6.07, 6.45) is 0. The van der Waals surface area contributed by atoms with Gasteiger partial charge >= 0.3 is 0 Å². The minimum Gasteiger partial charge on any atom is -0.492 e. The van der Waals surface area contributed by atoms with Crippen molar-refractivity contribution in [2.45, 2.75) is 5.25 Å². The number of ether oxygens (including phenoxy) is 1. The molecule has 0 amide bonds. The Morgan fingerprint density at radius 1 is 1.08 bits per heavy atom. The number of nitrogen functional groups attached to an aromatic ring is 1. The van der Waals surface area contributed by atoms with Crippen LogP contribution in [0.2, 0.25) is 0 Å². The number of alkyl halides is 1. The first-order chi connectivity index (χ1) is 12.1. The summed E-state index contributed by atoms with van der Waals surface area (Å²) in [6.45, 7) is 0.290. The second-order valence-electron chi connectivity index (χ2n) is 5.52. The van der Waals surface area contributed by atoms with E-state index in [1.165, 1.54) is 0 Å². The Labute approximate surface area is 153 Å². The van der Waals surface area contributed by atoms with E-state index in [9.17, 15) is 8.76 Å². The van der Waals surface area contributed by atoms with Crippen LogP contribution in [0.25, 0.3) is 10.8 Å². The average molecular weight is 376 g/mol. The van der Waals surface area contributed by atoms with Crippen LogP contribution in [0.3, 0.4) is 0 Å². The highest BCUT2D eigenvalue weighted by Gasteiger charge is 2.27. The number of anilines is 1. The van der Waals surface area contributed by atoms with E-state index in [1.807, 2.05) is 42.5 Å². The molecule has 3 aromatic rings. The first kappa shape index (κ1) is 17.7. The summed E-state index contributed by atoms with van der Waals surface area (Å²) in [5.41, 5.74) is 7.80. The van der Waals surface area contributed by atoms with Crippen LogP contribution in [0.1, 0.15) is 16.4 Å². The van der Waals surface area contributed by atoms with Crippen molar-refractivity contribution in [3.8, 4) is 5.75 Å². The molecular weight excluding hydrogens is 358 g/mol. The Bertz CT molecular complexity index is 911. The Hall–Kier alpha value is -2.08. The fourth-order valence-electron chi connectivity index (χ4n) is 2.96. The average Bonchev–Trinajstić information content (AvgIpc) is 2.62. The predicted molar refractivity (Wildman–Crippen MR) is 104 cm³/mol. The van der Waals surface area contributed by atoms with Gasteiger partial charge in [0.15, 0.2) is 11.1 Å². The van der Waals surface area contributed by atoms with Gasteiger partial charge in [0, 0.05) is 11.3 Å². The predicted octanol–water partition coefficient (Wildman–Crippen LogP) is 4.35. The largest absolute Gasteiger partial charge is 0.492 e. The van der Waals surface area contributed by atoms with Crippen molar-refractivity contribution in [1.29, 1.82) is 0 Å². The number of halogens is 1. The summed E-state index contributed by atoms with van der Waals surface area (Å²) >= 11 is 3.53. The number of hydrogen-bond donors (Lipinski definition) is 2. The molecule has 0 saturated carbocycles. The lowest BCUT2D eigenvalue weighted by Crippen LogP contribution is -2.13. The minimum atomic E-state index is -2.18. The van der Waals surface area contributed by atoms with Gasteiger partial charge < -0.3 is 15.0 Å². The molecule has 0 fully saturated rings. The molecule has 6 heteroatoms. The molecular formula is C19H18ClNO3S. The molecule has 3 aromatic carbocycles. The first-order valence-corrected chi connectivity index (χ1v) is 9.48. The van der Waals surface area contributed by atoms with Gasteiger partial charge in [0.05, 0.1) is 5.88 Å². The number of nitrogens with two attached hydrogens (primary N) is 1.